The summed E-state index contributed by atoms with van der Waals surface area (Å²) in [5, 5.41) is 24.5. The molecule has 68 heavy (non-hydrogen) atoms. The number of nitriles is 2. The van der Waals surface area contributed by atoms with E-state index in [-0.39, 0.29) is 18.1 Å². The Labute approximate surface area is 390 Å². The summed E-state index contributed by atoms with van der Waals surface area (Å²) in [6.07, 6.45) is 2.70. The van der Waals surface area contributed by atoms with Gasteiger partial charge < -0.3 is 14.4 Å². The smallest absolute Gasteiger partial charge is 0.353 e. The summed E-state index contributed by atoms with van der Waals surface area (Å²) in [5.74, 6) is 1.02. The fourth-order valence-electron chi connectivity index (χ4n) is 9.72. The van der Waals surface area contributed by atoms with Crippen molar-refractivity contribution in [2.24, 2.45) is 0 Å². The van der Waals surface area contributed by atoms with Crippen molar-refractivity contribution in [1.29, 1.82) is 10.5 Å². The Morgan fingerprint density at radius 1 is 0.779 bits per heavy atom. The highest BCUT2D eigenvalue weighted by atomic mass is 19.4. The van der Waals surface area contributed by atoms with Crippen molar-refractivity contribution in [2.45, 2.75) is 63.7 Å². The quantitative estimate of drug-likeness (QED) is 0.0927. The number of nitrogens with zero attached hydrogens (tertiary/aromatic N) is 11. The third-order valence-electron chi connectivity index (χ3n) is 13.2. The normalized spacial score (nSPS) is 19.6. The number of hydrogen-bond acceptors (Lipinski definition) is 9. The third kappa shape index (κ3) is 9.63. The van der Waals surface area contributed by atoms with E-state index in [1.54, 1.807) is 18.2 Å². The second-order valence-electron chi connectivity index (χ2n) is 17.5. The van der Waals surface area contributed by atoms with E-state index in [4.69, 9.17) is 5.10 Å². The molecule has 2 aromatic carbocycles. The number of alkyl halides is 6. The summed E-state index contributed by atoms with van der Waals surface area (Å²) in [6.45, 7) is 8.25. The minimum atomic E-state index is -4.47. The molecule has 4 aromatic heterocycles. The second kappa shape index (κ2) is 18.8. The van der Waals surface area contributed by atoms with Gasteiger partial charge in [0, 0.05) is 117 Å². The molecule has 3 aliphatic rings. The summed E-state index contributed by atoms with van der Waals surface area (Å²) in [7, 11) is 0. The average Bonchev–Trinajstić information content (AvgIpc) is 4.04. The molecule has 0 saturated carbocycles. The molecule has 6 aromatic rings. The molecular weight excluding hydrogens is 881 g/mol. The Bertz CT molecular complexity index is 2870. The molecule has 3 saturated heterocycles. The summed E-state index contributed by atoms with van der Waals surface area (Å²) >= 11 is 0. The topological polar surface area (TPSA) is 109 Å². The van der Waals surface area contributed by atoms with Crippen molar-refractivity contribution in [3.05, 3.63) is 155 Å². The lowest BCUT2D eigenvalue weighted by molar-refractivity contribution is -0.138. The van der Waals surface area contributed by atoms with Crippen LogP contribution in [0.3, 0.4) is 0 Å². The van der Waals surface area contributed by atoms with Gasteiger partial charge in [0.25, 0.3) is 0 Å². The van der Waals surface area contributed by atoms with Crippen LogP contribution in [0, 0.1) is 22.7 Å². The average molecular weight is 928 g/mol. The van der Waals surface area contributed by atoms with E-state index in [0.29, 0.717) is 68.7 Å². The monoisotopic (exact) mass is 927 g/mol. The van der Waals surface area contributed by atoms with Crippen molar-refractivity contribution in [2.75, 3.05) is 49.1 Å². The van der Waals surface area contributed by atoms with Crippen molar-refractivity contribution in [3.63, 3.8) is 0 Å². The molecule has 0 spiro atoms. The van der Waals surface area contributed by atoms with E-state index >= 15 is 0 Å². The van der Waals surface area contributed by atoms with Crippen LogP contribution in [0.15, 0.2) is 121 Å². The van der Waals surface area contributed by atoms with Crippen molar-refractivity contribution in [1.82, 2.24) is 34.1 Å². The Morgan fingerprint density at radius 2 is 1.44 bits per heavy atom. The van der Waals surface area contributed by atoms with E-state index in [9.17, 15) is 36.9 Å². The number of allylic oxidation sites excluding steroid dienone is 1. The largest absolute Gasteiger partial charge is 0.417 e. The molecule has 9 rings (SSSR count). The SMILES string of the molecule is C/C=C(/CN1CCN(c2ccc(C(F)(F)F)cn2)[C@H](C)C1)C(=Cn1cc(CN2C3CCC2CN(c2ccc(C(F)(F)F)cn2)C3)c(-c2ccc(C#N)cc2)n1)c1ccc(-n2cccc2C#N)cc1. The zero-order chi connectivity index (χ0) is 47.7. The predicted molar refractivity (Wildman–Crippen MR) is 247 cm³/mol. The molecule has 17 heteroatoms. The molecule has 2 unspecified atom stereocenters. The van der Waals surface area contributed by atoms with Crippen LogP contribution in [0.4, 0.5) is 38.0 Å². The van der Waals surface area contributed by atoms with E-state index < -0.39 is 23.5 Å². The fraction of sp³-hybridized carbons (Fsp3) is 0.314. The highest BCUT2D eigenvalue weighted by Crippen LogP contribution is 2.37. The van der Waals surface area contributed by atoms with E-state index in [1.807, 2.05) is 89.1 Å². The van der Waals surface area contributed by atoms with Crippen LogP contribution in [0.5, 0.6) is 0 Å². The highest BCUT2D eigenvalue weighted by Gasteiger charge is 2.41. The van der Waals surface area contributed by atoms with Gasteiger partial charge in [-0.25, -0.2) is 14.6 Å². The maximum Gasteiger partial charge on any atom is 0.417 e. The molecular formula is C51H47F6N11. The number of hydrogen-bond donors (Lipinski definition) is 0. The minimum Gasteiger partial charge on any atom is -0.353 e. The van der Waals surface area contributed by atoms with Gasteiger partial charge in [-0.1, -0.05) is 30.3 Å². The number of benzene rings is 2. The lowest BCUT2D eigenvalue weighted by atomic mass is 9.97. The molecule has 3 atom stereocenters. The first-order valence-corrected chi connectivity index (χ1v) is 22.4. The Kier molecular flexibility index (Phi) is 12.7. The van der Waals surface area contributed by atoms with Gasteiger partial charge in [-0.15, -0.1) is 0 Å². The number of anilines is 2. The highest BCUT2D eigenvalue weighted by molar-refractivity contribution is 5.87. The molecule has 3 aliphatic heterocycles. The zero-order valence-electron chi connectivity index (χ0n) is 37.3. The first-order chi connectivity index (χ1) is 32.7. The summed E-state index contributed by atoms with van der Waals surface area (Å²) in [5.41, 5.74) is 5.71. The lowest BCUT2D eigenvalue weighted by Gasteiger charge is -2.41. The van der Waals surface area contributed by atoms with Crippen LogP contribution < -0.4 is 9.80 Å². The van der Waals surface area contributed by atoms with E-state index in [1.165, 1.54) is 12.1 Å². The number of piperazine rings is 2. The second-order valence-corrected chi connectivity index (χ2v) is 17.5. The molecule has 3 fully saturated rings. The number of aromatic nitrogens is 5. The first-order valence-electron chi connectivity index (χ1n) is 22.4. The first kappa shape index (κ1) is 45.9. The number of rotatable bonds is 11. The van der Waals surface area contributed by atoms with Gasteiger partial charge in [0.05, 0.1) is 28.5 Å². The maximum absolute atomic E-state index is 13.3. The number of fused-ring (bicyclic) bond motifs is 2. The molecule has 0 amide bonds. The van der Waals surface area contributed by atoms with Crippen LogP contribution in [0.1, 0.15) is 60.2 Å². The summed E-state index contributed by atoms with van der Waals surface area (Å²) in [4.78, 5) is 17.3. The Balaban J connectivity index is 1.03. The van der Waals surface area contributed by atoms with Crippen LogP contribution in [-0.2, 0) is 18.9 Å². The molecule has 0 N–H and O–H groups in total. The predicted octanol–water partition coefficient (Wildman–Crippen LogP) is 9.92. The number of pyridine rings is 2. The van der Waals surface area contributed by atoms with Gasteiger partial charge in [-0.3, -0.25) is 9.80 Å². The van der Waals surface area contributed by atoms with Gasteiger partial charge in [0.2, 0.25) is 0 Å². The van der Waals surface area contributed by atoms with E-state index in [0.717, 1.165) is 76.6 Å². The van der Waals surface area contributed by atoms with Crippen LogP contribution in [0.25, 0.3) is 28.7 Å². The zero-order valence-corrected chi connectivity index (χ0v) is 37.3. The minimum absolute atomic E-state index is 0.0410. The molecule has 348 valence electrons. The Morgan fingerprint density at radius 3 is 2.01 bits per heavy atom. The van der Waals surface area contributed by atoms with Crippen LogP contribution in [0.2, 0.25) is 0 Å². The summed E-state index contributed by atoms with van der Waals surface area (Å²) in [6, 6.07) is 28.6. The molecule has 2 bridgehead atoms. The van der Waals surface area contributed by atoms with Crippen LogP contribution in [-0.4, -0.2) is 91.5 Å². The van der Waals surface area contributed by atoms with Gasteiger partial charge in [-0.05, 0) is 98.5 Å². The third-order valence-corrected chi connectivity index (χ3v) is 13.2. The van der Waals surface area contributed by atoms with Crippen molar-refractivity contribution >= 4 is 23.4 Å². The van der Waals surface area contributed by atoms with Gasteiger partial charge in [0.15, 0.2) is 0 Å². The lowest BCUT2D eigenvalue weighted by Crippen LogP contribution is -2.53. The summed E-state index contributed by atoms with van der Waals surface area (Å²) < 4.78 is 83.6. The van der Waals surface area contributed by atoms with Gasteiger partial charge in [0.1, 0.15) is 23.4 Å². The molecule has 11 nitrogen and oxygen atoms in total. The molecule has 0 radical (unpaired) electrons. The Hall–Kier alpha value is -7.21. The van der Waals surface area contributed by atoms with Gasteiger partial charge in [-0.2, -0.15) is 42.0 Å². The van der Waals surface area contributed by atoms with Crippen molar-refractivity contribution in [3.8, 4) is 29.1 Å². The molecule has 7 heterocycles. The molecule has 0 aliphatic carbocycles. The number of halogens is 6. The van der Waals surface area contributed by atoms with Gasteiger partial charge >= 0.3 is 12.4 Å². The van der Waals surface area contributed by atoms with E-state index in [2.05, 4.69) is 42.9 Å². The van der Waals surface area contributed by atoms with Crippen LogP contribution >= 0.6 is 0 Å². The standard InChI is InChI=1S/C51H47F6N11/c1-3-36(28-63-21-22-66(34(2)27-63)48-19-13-41(26-61-48)51(55,56)57)46(37-10-14-42(15-11-37)67-20-4-5-43(67)24-59)33-65-29-39(49(62-65)38-8-6-35(23-58)7-9-38)30-68-44-16-17-45(68)32-64(31-44)47-18-12-40(25-60-47)50(52,53)54/h3-15,18-20,25-26,29,33-34,44-45H,16-17,21-22,27-28,30-32H2,1-2H3/b36-3-,46-33?/t34-,44?,45?/m1/s1. The fourth-order valence-corrected chi connectivity index (χ4v) is 9.72. The van der Waals surface area contributed by atoms with Crippen molar-refractivity contribution < 1.29 is 26.3 Å². The maximum atomic E-state index is 13.3.